The zero-order chi connectivity index (χ0) is 14.1. The molecular weight excluding hydrogens is 299 g/mol. The molecule has 1 N–H and O–H groups in total. The van der Waals surface area contributed by atoms with Crippen LogP contribution in [-0.4, -0.2) is 21.4 Å². The number of aromatic nitrogens is 3. The van der Waals surface area contributed by atoms with Crippen LogP contribution in [0.4, 0.5) is 0 Å². The van der Waals surface area contributed by atoms with Crippen molar-refractivity contribution >= 4 is 23.2 Å². The Balaban J connectivity index is 1.81. The fraction of sp³-hybridized carbons (Fsp3) is 0.385. The van der Waals surface area contributed by atoms with Crippen molar-refractivity contribution < 1.29 is 4.74 Å². The second kappa shape index (κ2) is 5.60. The number of benzene rings is 1. The van der Waals surface area contributed by atoms with Gasteiger partial charge >= 0.3 is 0 Å². The first-order valence-corrected chi connectivity index (χ1v) is 7.08. The highest BCUT2D eigenvalue weighted by Crippen LogP contribution is 2.39. The van der Waals surface area contributed by atoms with Crippen LogP contribution in [0, 0.1) is 0 Å². The molecule has 1 unspecified atom stereocenters. The van der Waals surface area contributed by atoms with E-state index in [1.807, 2.05) is 17.7 Å². The number of hydrogen-bond donors (Lipinski definition) is 1. The van der Waals surface area contributed by atoms with E-state index in [2.05, 4.69) is 15.5 Å². The number of nitrogens with zero attached hydrogens (tertiary/aromatic N) is 3. The van der Waals surface area contributed by atoms with Crippen LogP contribution < -0.4 is 10.1 Å². The summed E-state index contributed by atoms with van der Waals surface area (Å²) in [6, 6.07) is 3.75. The van der Waals surface area contributed by atoms with Crippen molar-refractivity contribution in [1.82, 2.24) is 20.1 Å². The van der Waals surface area contributed by atoms with Gasteiger partial charge < -0.3 is 14.6 Å². The summed E-state index contributed by atoms with van der Waals surface area (Å²) in [4.78, 5) is 0. The molecule has 3 rings (SSSR count). The lowest BCUT2D eigenvalue weighted by molar-refractivity contribution is 0.251. The number of ether oxygens (including phenoxy) is 1. The van der Waals surface area contributed by atoms with Gasteiger partial charge in [-0.2, -0.15) is 0 Å². The fourth-order valence-electron chi connectivity index (χ4n) is 2.32. The SMILES string of the molecule is Cn1cnnc1CNC1CCOc2c(Cl)cc(Cl)cc21. The Hall–Kier alpha value is -1.30. The number of halogens is 2. The van der Waals surface area contributed by atoms with Gasteiger partial charge in [0.25, 0.3) is 0 Å². The molecule has 0 fully saturated rings. The highest BCUT2D eigenvalue weighted by molar-refractivity contribution is 6.35. The van der Waals surface area contributed by atoms with E-state index in [9.17, 15) is 0 Å². The third kappa shape index (κ3) is 2.61. The first-order chi connectivity index (χ1) is 9.65. The van der Waals surface area contributed by atoms with Crippen LogP contribution in [0.1, 0.15) is 23.9 Å². The van der Waals surface area contributed by atoms with Crippen molar-refractivity contribution in [3.05, 3.63) is 39.9 Å². The molecule has 106 valence electrons. The lowest BCUT2D eigenvalue weighted by Crippen LogP contribution is -2.27. The van der Waals surface area contributed by atoms with Gasteiger partial charge in [0, 0.05) is 30.1 Å². The molecule has 0 saturated carbocycles. The minimum absolute atomic E-state index is 0.145. The lowest BCUT2D eigenvalue weighted by atomic mass is 10.0. The maximum absolute atomic E-state index is 6.17. The number of nitrogens with one attached hydrogen (secondary N) is 1. The first kappa shape index (κ1) is 13.7. The standard InChI is InChI=1S/C13H14Cl2N4O/c1-19-7-17-18-12(19)6-16-11-2-3-20-13-9(11)4-8(14)5-10(13)15/h4-5,7,11,16H,2-3,6H2,1H3. The average molecular weight is 313 g/mol. The summed E-state index contributed by atoms with van der Waals surface area (Å²) in [6.07, 6.45) is 2.55. The Kier molecular flexibility index (Phi) is 3.83. The topological polar surface area (TPSA) is 52.0 Å². The van der Waals surface area contributed by atoms with Gasteiger partial charge in [0.05, 0.1) is 18.2 Å². The van der Waals surface area contributed by atoms with Crippen LogP contribution in [-0.2, 0) is 13.6 Å². The Morgan fingerprint density at radius 3 is 3.05 bits per heavy atom. The van der Waals surface area contributed by atoms with Crippen LogP contribution in [0.3, 0.4) is 0 Å². The minimum Gasteiger partial charge on any atom is -0.492 e. The summed E-state index contributed by atoms with van der Waals surface area (Å²) >= 11 is 12.3. The number of aryl methyl sites for hydroxylation is 1. The van der Waals surface area contributed by atoms with E-state index in [1.54, 1.807) is 12.4 Å². The van der Waals surface area contributed by atoms with Crippen LogP contribution in [0.5, 0.6) is 5.75 Å². The molecule has 0 spiro atoms. The van der Waals surface area contributed by atoms with Crippen LogP contribution >= 0.6 is 23.2 Å². The van der Waals surface area contributed by atoms with Gasteiger partial charge in [-0.3, -0.25) is 0 Å². The quantitative estimate of drug-likeness (QED) is 0.947. The average Bonchev–Trinajstić information content (AvgIpc) is 2.82. The van der Waals surface area contributed by atoms with Crippen molar-refractivity contribution in [1.29, 1.82) is 0 Å². The fourth-order valence-corrected chi connectivity index (χ4v) is 2.88. The summed E-state index contributed by atoms with van der Waals surface area (Å²) in [5.74, 6) is 1.60. The predicted octanol–water partition coefficient (Wildman–Crippen LogP) is 2.74. The molecule has 0 aliphatic carbocycles. The van der Waals surface area contributed by atoms with E-state index < -0.39 is 0 Å². The molecule has 0 radical (unpaired) electrons. The molecule has 20 heavy (non-hydrogen) atoms. The number of hydrogen-bond acceptors (Lipinski definition) is 4. The molecule has 0 amide bonds. The van der Waals surface area contributed by atoms with Crippen molar-refractivity contribution in [3.8, 4) is 5.75 Å². The summed E-state index contributed by atoms with van der Waals surface area (Å²) in [6.45, 7) is 1.26. The van der Waals surface area contributed by atoms with E-state index in [4.69, 9.17) is 27.9 Å². The van der Waals surface area contributed by atoms with Gasteiger partial charge in [0.15, 0.2) is 0 Å². The Labute approximate surface area is 126 Å². The van der Waals surface area contributed by atoms with Gasteiger partial charge in [-0.1, -0.05) is 23.2 Å². The van der Waals surface area contributed by atoms with Crippen LogP contribution in [0.25, 0.3) is 0 Å². The zero-order valence-electron chi connectivity index (χ0n) is 10.9. The molecule has 2 heterocycles. The third-order valence-electron chi connectivity index (χ3n) is 3.38. The highest BCUT2D eigenvalue weighted by atomic mass is 35.5. The molecule has 5 nitrogen and oxygen atoms in total. The second-order valence-electron chi connectivity index (χ2n) is 4.73. The Morgan fingerprint density at radius 2 is 2.30 bits per heavy atom. The third-order valence-corrected chi connectivity index (χ3v) is 3.88. The monoisotopic (exact) mass is 312 g/mol. The van der Waals surface area contributed by atoms with Gasteiger partial charge in [-0.25, -0.2) is 0 Å². The van der Waals surface area contributed by atoms with E-state index in [0.29, 0.717) is 23.2 Å². The summed E-state index contributed by atoms with van der Waals surface area (Å²) in [5, 5.41) is 12.5. The van der Waals surface area contributed by atoms with Crippen LogP contribution in [0.2, 0.25) is 10.0 Å². The van der Waals surface area contributed by atoms with Gasteiger partial charge in [0.1, 0.15) is 17.9 Å². The molecule has 0 saturated heterocycles. The normalized spacial score (nSPS) is 17.6. The van der Waals surface area contributed by atoms with Crippen molar-refractivity contribution in [3.63, 3.8) is 0 Å². The van der Waals surface area contributed by atoms with Crippen LogP contribution in [0.15, 0.2) is 18.5 Å². The van der Waals surface area contributed by atoms with Gasteiger partial charge in [-0.15, -0.1) is 10.2 Å². The maximum atomic E-state index is 6.17. The van der Waals surface area contributed by atoms with Gasteiger partial charge in [-0.05, 0) is 12.1 Å². The number of rotatable bonds is 3. The zero-order valence-corrected chi connectivity index (χ0v) is 12.4. The van der Waals surface area contributed by atoms with Gasteiger partial charge in [0.2, 0.25) is 0 Å². The first-order valence-electron chi connectivity index (χ1n) is 6.33. The van der Waals surface area contributed by atoms with Crippen molar-refractivity contribution in [2.75, 3.05) is 6.61 Å². The Morgan fingerprint density at radius 1 is 1.45 bits per heavy atom. The maximum Gasteiger partial charge on any atom is 0.146 e. The molecule has 1 atom stereocenters. The largest absolute Gasteiger partial charge is 0.492 e. The van der Waals surface area contributed by atoms with E-state index >= 15 is 0 Å². The number of fused-ring (bicyclic) bond motifs is 1. The Bertz CT molecular complexity index is 629. The summed E-state index contributed by atoms with van der Waals surface area (Å²) < 4.78 is 7.52. The van der Waals surface area contributed by atoms with Crippen molar-refractivity contribution in [2.45, 2.75) is 19.0 Å². The molecule has 1 aromatic heterocycles. The molecule has 7 heteroatoms. The smallest absolute Gasteiger partial charge is 0.146 e. The second-order valence-corrected chi connectivity index (χ2v) is 5.58. The molecular formula is C13H14Cl2N4O. The predicted molar refractivity (Wildman–Crippen MR) is 77.2 cm³/mol. The van der Waals surface area contributed by atoms with E-state index in [0.717, 1.165) is 23.6 Å². The summed E-state index contributed by atoms with van der Waals surface area (Å²) in [7, 11) is 1.92. The summed E-state index contributed by atoms with van der Waals surface area (Å²) in [5.41, 5.74) is 0.996. The van der Waals surface area contributed by atoms with E-state index in [1.165, 1.54) is 0 Å². The van der Waals surface area contributed by atoms with E-state index in [-0.39, 0.29) is 6.04 Å². The highest BCUT2D eigenvalue weighted by Gasteiger charge is 2.24. The molecule has 2 aromatic rings. The lowest BCUT2D eigenvalue weighted by Gasteiger charge is -2.27. The molecule has 1 aliphatic heterocycles. The molecule has 1 aromatic carbocycles. The molecule has 1 aliphatic rings. The van der Waals surface area contributed by atoms with Crippen molar-refractivity contribution in [2.24, 2.45) is 7.05 Å². The minimum atomic E-state index is 0.145. The molecule has 0 bridgehead atoms.